The average molecular weight is 267 g/mol. The Morgan fingerprint density at radius 3 is 2.79 bits per heavy atom. The molecule has 6 heteroatoms. The molecule has 0 spiro atoms. The lowest BCUT2D eigenvalue weighted by molar-refractivity contribution is -0.147. The number of ether oxygens (including phenoxy) is 1. The third-order valence-corrected chi connectivity index (χ3v) is 2.50. The van der Waals surface area contributed by atoms with Crippen molar-refractivity contribution >= 4 is 5.97 Å². The van der Waals surface area contributed by atoms with Crippen LogP contribution in [0.15, 0.2) is 18.2 Å². The van der Waals surface area contributed by atoms with E-state index in [0.29, 0.717) is 0 Å². The van der Waals surface area contributed by atoms with Gasteiger partial charge in [-0.1, -0.05) is 0 Å². The Morgan fingerprint density at radius 1 is 1.53 bits per heavy atom. The fourth-order valence-corrected chi connectivity index (χ4v) is 1.59. The van der Waals surface area contributed by atoms with Crippen LogP contribution in [0, 0.1) is 17.1 Å². The Labute approximate surface area is 109 Å². The van der Waals surface area contributed by atoms with Crippen molar-refractivity contribution in [3.05, 3.63) is 35.1 Å². The highest BCUT2D eigenvalue weighted by Crippen LogP contribution is 2.23. The third kappa shape index (κ3) is 4.02. The first-order valence-corrected chi connectivity index (χ1v) is 5.70. The molecule has 0 aliphatic carbocycles. The van der Waals surface area contributed by atoms with Crippen LogP contribution in [0.25, 0.3) is 0 Å². The highest BCUT2D eigenvalue weighted by atomic mass is 19.1. The number of rotatable bonds is 5. The summed E-state index contributed by atoms with van der Waals surface area (Å²) in [6.45, 7) is 1.77. The van der Waals surface area contributed by atoms with Gasteiger partial charge in [0.15, 0.2) is 0 Å². The molecular formula is C13H14FNO4. The number of carbonyl (C=O) groups excluding carboxylic acids is 1. The average Bonchev–Trinajstić information content (AvgIpc) is 2.37. The van der Waals surface area contributed by atoms with Gasteiger partial charge >= 0.3 is 5.97 Å². The Kier molecular flexibility index (Phi) is 5.42. The molecule has 2 atom stereocenters. The van der Waals surface area contributed by atoms with Crippen molar-refractivity contribution in [2.24, 2.45) is 0 Å². The lowest BCUT2D eigenvalue weighted by Crippen LogP contribution is -2.23. The summed E-state index contributed by atoms with van der Waals surface area (Å²) in [5, 5.41) is 28.4. The van der Waals surface area contributed by atoms with Crippen LogP contribution in [-0.2, 0) is 9.53 Å². The van der Waals surface area contributed by atoms with Crippen LogP contribution in [0.3, 0.4) is 0 Å². The van der Waals surface area contributed by atoms with Crippen molar-refractivity contribution in [3.63, 3.8) is 0 Å². The van der Waals surface area contributed by atoms with Gasteiger partial charge in [-0.05, 0) is 25.1 Å². The predicted molar refractivity (Wildman–Crippen MR) is 63.3 cm³/mol. The molecule has 19 heavy (non-hydrogen) atoms. The number of halogens is 1. The lowest BCUT2D eigenvalue weighted by atomic mass is 9.97. The number of carbonyl (C=O) groups is 1. The van der Waals surface area contributed by atoms with Crippen molar-refractivity contribution in [2.45, 2.75) is 25.6 Å². The maximum absolute atomic E-state index is 13.1. The number of aliphatic hydroxyl groups excluding tert-OH is 2. The topological polar surface area (TPSA) is 90.6 Å². The minimum absolute atomic E-state index is 0.0387. The van der Waals surface area contributed by atoms with E-state index in [1.165, 1.54) is 6.07 Å². The predicted octanol–water partition coefficient (Wildman–Crippen LogP) is 1.04. The van der Waals surface area contributed by atoms with Gasteiger partial charge in [-0.2, -0.15) is 5.26 Å². The van der Waals surface area contributed by atoms with Crippen LogP contribution in [0.5, 0.6) is 0 Å². The maximum Gasteiger partial charge on any atom is 0.308 e. The number of aliphatic hydroxyl groups is 2. The number of hydrogen-bond acceptors (Lipinski definition) is 5. The van der Waals surface area contributed by atoms with E-state index in [-0.39, 0.29) is 17.7 Å². The highest BCUT2D eigenvalue weighted by Gasteiger charge is 2.24. The number of nitrogens with zero attached hydrogens (tertiary/aromatic N) is 1. The number of hydrogen-bond donors (Lipinski definition) is 2. The second-order valence-electron chi connectivity index (χ2n) is 3.86. The van der Waals surface area contributed by atoms with Crippen LogP contribution in [0.4, 0.5) is 4.39 Å². The minimum atomic E-state index is -1.53. The Balaban J connectivity index is 2.87. The zero-order valence-corrected chi connectivity index (χ0v) is 10.3. The minimum Gasteiger partial charge on any atom is -0.466 e. The molecular weight excluding hydrogens is 253 g/mol. The molecule has 1 aromatic carbocycles. The molecule has 2 N–H and O–H groups in total. The fourth-order valence-electron chi connectivity index (χ4n) is 1.59. The zero-order chi connectivity index (χ0) is 14.4. The monoisotopic (exact) mass is 267 g/mol. The van der Waals surface area contributed by atoms with E-state index in [4.69, 9.17) is 5.26 Å². The molecule has 5 nitrogen and oxygen atoms in total. The van der Waals surface area contributed by atoms with Gasteiger partial charge < -0.3 is 14.9 Å². The summed E-state index contributed by atoms with van der Waals surface area (Å²) >= 11 is 0. The molecule has 0 heterocycles. The quantitative estimate of drug-likeness (QED) is 0.778. The van der Waals surface area contributed by atoms with Gasteiger partial charge in [0.2, 0.25) is 0 Å². The van der Waals surface area contributed by atoms with Crippen molar-refractivity contribution < 1.29 is 24.1 Å². The largest absolute Gasteiger partial charge is 0.466 e. The van der Waals surface area contributed by atoms with Gasteiger partial charge in [0.05, 0.1) is 30.8 Å². The second kappa shape index (κ2) is 6.83. The molecule has 1 aromatic rings. The van der Waals surface area contributed by atoms with Crippen LogP contribution in [0.2, 0.25) is 0 Å². The SMILES string of the molecule is CCOC(=O)CC(O)C(O)c1cc(F)ccc1C#N. The molecule has 1 rings (SSSR count). The maximum atomic E-state index is 13.1. The van der Waals surface area contributed by atoms with Crippen molar-refractivity contribution in [1.29, 1.82) is 5.26 Å². The van der Waals surface area contributed by atoms with Crippen LogP contribution >= 0.6 is 0 Å². The van der Waals surface area contributed by atoms with Crippen LogP contribution in [-0.4, -0.2) is 28.9 Å². The molecule has 0 aromatic heterocycles. The van der Waals surface area contributed by atoms with E-state index in [2.05, 4.69) is 4.74 Å². The zero-order valence-electron chi connectivity index (χ0n) is 10.3. The molecule has 102 valence electrons. The van der Waals surface area contributed by atoms with Gasteiger partial charge in [0.25, 0.3) is 0 Å². The molecule has 0 aliphatic heterocycles. The first kappa shape index (κ1) is 15.1. The first-order valence-electron chi connectivity index (χ1n) is 5.70. The first-order chi connectivity index (χ1) is 8.99. The van der Waals surface area contributed by atoms with Crippen LogP contribution in [0.1, 0.15) is 30.6 Å². The fraction of sp³-hybridized carbons (Fsp3) is 0.385. The summed E-state index contributed by atoms with van der Waals surface area (Å²) in [6.07, 6.45) is -3.43. The summed E-state index contributed by atoms with van der Waals surface area (Å²) in [5.74, 6) is -1.32. The normalized spacial score (nSPS) is 13.4. The van der Waals surface area contributed by atoms with Crippen molar-refractivity contribution in [2.75, 3.05) is 6.61 Å². The van der Waals surface area contributed by atoms with Gasteiger partial charge in [-0.25, -0.2) is 4.39 Å². The molecule has 0 bridgehead atoms. The van der Waals surface area contributed by atoms with Crippen molar-refractivity contribution in [1.82, 2.24) is 0 Å². The standard InChI is InChI=1S/C13H14FNO4/c1-2-19-12(17)6-11(16)13(18)10-5-9(14)4-3-8(10)7-15/h3-5,11,13,16,18H,2,6H2,1H3. The van der Waals surface area contributed by atoms with Crippen molar-refractivity contribution in [3.8, 4) is 6.07 Å². The molecule has 0 saturated carbocycles. The lowest BCUT2D eigenvalue weighted by Gasteiger charge is -2.18. The third-order valence-electron chi connectivity index (χ3n) is 2.50. The smallest absolute Gasteiger partial charge is 0.308 e. The van der Waals surface area contributed by atoms with E-state index in [9.17, 15) is 19.4 Å². The van der Waals surface area contributed by atoms with Gasteiger partial charge in [0, 0.05) is 5.56 Å². The number of esters is 1. The molecule has 0 amide bonds. The summed E-state index contributed by atoms with van der Waals surface area (Å²) in [4.78, 5) is 11.2. The molecule has 0 fully saturated rings. The van der Waals surface area contributed by atoms with E-state index in [1.54, 1.807) is 13.0 Å². The molecule has 2 unspecified atom stereocenters. The van der Waals surface area contributed by atoms with E-state index >= 15 is 0 Å². The van der Waals surface area contributed by atoms with Gasteiger partial charge in [0.1, 0.15) is 11.9 Å². The highest BCUT2D eigenvalue weighted by molar-refractivity contribution is 5.70. The molecule has 0 saturated heterocycles. The van der Waals surface area contributed by atoms with E-state index in [1.807, 2.05) is 0 Å². The summed E-state index contributed by atoms with van der Waals surface area (Å²) in [5.41, 5.74) is -0.0175. The van der Waals surface area contributed by atoms with E-state index < -0.39 is 30.4 Å². The van der Waals surface area contributed by atoms with E-state index in [0.717, 1.165) is 12.1 Å². The Morgan fingerprint density at radius 2 is 2.21 bits per heavy atom. The van der Waals surface area contributed by atoms with Gasteiger partial charge in [-0.15, -0.1) is 0 Å². The Hall–Kier alpha value is -1.97. The summed E-state index contributed by atoms with van der Waals surface area (Å²) in [6, 6.07) is 5.01. The Bertz CT molecular complexity index is 498. The summed E-state index contributed by atoms with van der Waals surface area (Å²) < 4.78 is 17.7. The molecule has 0 radical (unpaired) electrons. The summed E-state index contributed by atoms with van der Waals surface area (Å²) in [7, 11) is 0. The number of nitriles is 1. The molecule has 0 aliphatic rings. The second-order valence-corrected chi connectivity index (χ2v) is 3.86. The van der Waals surface area contributed by atoms with Gasteiger partial charge in [-0.3, -0.25) is 4.79 Å². The number of benzene rings is 1. The van der Waals surface area contributed by atoms with Crippen LogP contribution < -0.4 is 0 Å².